The van der Waals surface area contributed by atoms with Gasteiger partial charge in [0.05, 0.1) is 23.1 Å². The highest BCUT2D eigenvalue weighted by Crippen LogP contribution is 2.35. The third-order valence-corrected chi connectivity index (χ3v) is 6.70. The molecule has 0 fully saturated rings. The van der Waals surface area contributed by atoms with Gasteiger partial charge in [-0.1, -0.05) is 48.5 Å². The molecule has 196 valence electrons. The highest BCUT2D eigenvalue weighted by atomic mass is 19.1. The zero-order chi connectivity index (χ0) is 27.1. The Hall–Kier alpha value is -4.86. The quantitative estimate of drug-likeness (QED) is 0.391. The lowest BCUT2D eigenvalue weighted by atomic mass is 10.0. The van der Waals surface area contributed by atoms with E-state index in [4.69, 9.17) is 9.73 Å². The van der Waals surface area contributed by atoms with Gasteiger partial charge in [-0.05, 0) is 32.0 Å². The fraction of sp³-hybridized carbons (Fsp3) is 0.207. The van der Waals surface area contributed by atoms with E-state index in [9.17, 15) is 14.0 Å². The molecule has 6 rings (SSSR count). The standard InChI is InChI=1S/C29H25FN6O3/c1-16-12-13-20(25(30)31-16)24-22(29-36(35-24)15-14-17(2)39-29)27(37)34-26-28(38)32-21-11-7-6-10-19(21)23(33-26)18-8-4-3-5-9-18/h3-13,17,26H,14-15H2,1-2H3,(H,32,38)(H,34,37)/t17-,26-/m1/s1. The second-order valence-electron chi connectivity index (χ2n) is 9.51. The normalized spacial score (nSPS) is 18.1. The maximum atomic E-state index is 15.0. The monoisotopic (exact) mass is 524 g/mol. The molecular formula is C29H25FN6O3. The van der Waals surface area contributed by atoms with Crippen LogP contribution < -0.4 is 15.4 Å². The second kappa shape index (κ2) is 9.79. The van der Waals surface area contributed by atoms with Gasteiger partial charge in [0, 0.05) is 29.8 Å². The van der Waals surface area contributed by atoms with Crippen molar-refractivity contribution in [2.45, 2.75) is 39.1 Å². The number of benzene rings is 2. The Morgan fingerprint density at radius 1 is 1.08 bits per heavy atom. The van der Waals surface area contributed by atoms with Crippen LogP contribution in [0.1, 0.15) is 40.5 Å². The van der Waals surface area contributed by atoms with Crippen LogP contribution in [0.3, 0.4) is 0 Å². The van der Waals surface area contributed by atoms with Gasteiger partial charge in [0.2, 0.25) is 18.0 Å². The van der Waals surface area contributed by atoms with Gasteiger partial charge >= 0.3 is 0 Å². The zero-order valence-corrected chi connectivity index (χ0v) is 21.3. The number of halogens is 1. The number of benzodiazepines with no additional fused rings is 1. The summed E-state index contributed by atoms with van der Waals surface area (Å²) in [6, 6.07) is 19.9. The van der Waals surface area contributed by atoms with E-state index in [0.717, 1.165) is 11.1 Å². The molecule has 4 heterocycles. The number of hydrogen-bond donors (Lipinski definition) is 2. The minimum atomic E-state index is -1.27. The van der Waals surface area contributed by atoms with Crippen molar-refractivity contribution in [3.63, 3.8) is 0 Å². The Morgan fingerprint density at radius 3 is 2.64 bits per heavy atom. The van der Waals surface area contributed by atoms with Gasteiger partial charge < -0.3 is 15.4 Å². The average molecular weight is 525 g/mol. The largest absolute Gasteiger partial charge is 0.474 e. The van der Waals surface area contributed by atoms with Crippen molar-refractivity contribution in [1.29, 1.82) is 0 Å². The zero-order valence-electron chi connectivity index (χ0n) is 21.3. The van der Waals surface area contributed by atoms with E-state index in [1.54, 1.807) is 23.7 Å². The molecule has 0 saturated heterocycles. The van der Waals surface area contributed by atoms with Crippen LogP contribution in [0.4, 0.5) is 10.1 Å². The molecule has 39 heavy (non-hydrogen) atoms. The number of nitrogens with one attached hydrogen (secondary N) is 2. The number of carbonyl (C=O) groups excluding carboxylic acids is 2. The molecule has 9 nitrogen and oxygen atoms in total. The lowest BCUT2D eigenvalue weighted by molar-refractivity contribution is -0.117. The topological polar surface area (TPSA) is 110 Å². The maximum Gasteiger partial charge on any atom is 0.269 e. The summed E-state index contributed by atoms with van der Waals surface area (Å²) >= 11 is 0. The highest BCUT2D eigenvalue weighted by molar-refractivity contribution is 6.20. The first-order valence-electron chi connectivity index (χ1n) is 12.6. The number of hydrogen-bond acceptors (Lipinski definition) is 6. The van der Waals surface area contributed by atoms with Crippen LogP contribution in [0.5, 0.6) is 5.88 Å². The molecule has 2 N–H and O–H groups in total. The molecule has 0 unspecified atom stereocenters. The number of rotatable bonds is 4. The Kier molecular flexibility index (Phi) is 6.14. The number of amides is 2. The van der Waals surface area contributed by atoms with E-state index in [-0.39, 0.29) is 28.8 Å². The van der Waals surface area contributed by atoms with Crippen molar-refractivity contribution in [1.82, 2.24) is 20.1 Å². The third kappa shape index (κ3) is 4.54. The molecule has 2 amide bonds. The summed E-state index contributed by atoms with van der Waals surface area (Å²) in [4.78, 5) is 35.8. The molecule has 2 aliphatic rings. The van der Waals surface area contributed by atoms with E-state index in [0.29, 0.717) is 30.1 Å². The summed E-state index contributed by atoms with van der Waals surface area (Å²) in [5.74, 6) is -1.71. The minimum Gasteiger partial charge on any atom is -0.474 e. The number of aryl methyl sites for hydroxylation is 2. The molecule has 10 heteroatoms. The van der Waals surface area contributed by atoms with E-state index in [1.165, 1.54) is 6.07 Å². The molecule has 2 aromatic heterocycles. The van der Waals surface area contributed by atoms with Gasteiger partial charge in [0.15, 0.2) is 0 Å². The third-order valence-electron chi connectivity index (χ3n) is 6.70. The second-order valence-corrected chi connectivity index (χ2v) is 9.51. The number of aromatic nitrogens is 3. The fourth-order valence-corrected chi connectivity index (χ4v) is 4.74. The number of ether oxygens (including phenoxy) is 1. The molecule has 0 saturated carbocycles. The van der Waals surface area contributed by atoms with Gasteiger partial charge in [-0.2, -0.15) is 9.49 Å². The van der Waals surface area contributed by atoms with Gasteiger partial charge in [-0.3, -0.25) is 9.59 Å². The molecule has 0 bridgehead atoms. The predicted octanol–water partition coefficient (Wildman–Crippen LogP) is 4.11. The minimum absolute atomic E-state index is 0.0251. The van der Waals surface area contributed by atoms with E-state index in [2.05, 4.69) is 20.7 Å². The highest BCUT2D eigenvalue weighted by Gasteiger charge is 2.34. The van der Waals surface area contributed by atoms with Crippen molar-refractivity contribution in [2.75, 3.05) is 5.32 Å². The molecule has 2 aromatic carbocycles. The first-order valence-corrected chi connectivity index (χ1v) is 12.6. The smallest absolute Gasteiger partial charge is 0.269 e. The van der Waals surface area contributed by atoms with Crippen LogP contribution in [0.15, 0.2) is 71.7 Å². The van der Waals surface area contributed by atoms with Crippen molar-refractivity contribution < 1.29 is 18.7 Å². The van der Waals surface area contributed by atoms with E-state index >= 15 is 0 Å². The van der Waals surface area contributed by atoms with Gasteiger partial charge in [-0.15, -0.1) is 0 Å². The molecule has 2 aliphatic heterocycles. The van der Waals surface area contributed by atoms with E-state index < -0.39 is 23.9 Å². The van der Waals surface area contributed by atoms with Crippen molar-refractivity contribution in [3.8, 4) is 17.1 Å². The summed E-state index contributed by atoms with van der Waals surface area (Å²) in [7, 11) is 0. The van der Waals surface area contributed by atoms with E-state index in [1.807, 2.05) is 55.5 Å². The van der Waals surface area contributed by atoms with Gasteiger partial charge in [0.1, 0.15) is 11.3 Å². The Balaban J connectivity index is 1.43. The SMILES string of the molecule is Cc1ccc(-c2nn3c(c2C(=O)N[C@H]2N=C(c4ccccc4)c4ccccc4NC2=O)O[C@H](C)CC3)c(F)n1. The predicted molar refractivity (Wildman–Crippen MR) is 143 cm³/mol. The lowest BCUT2D eigenvalue weighted by Gasteiger charge is -2.22. The number of aliphatic imine (C=N–C) groups is 1. The van der Waals surface area contributed by atoms with Crippen LogP contribution in [0, 0.1) is 12.9 Å². The van der Waals surface area contributed by atoms with Gasteiger partial charge in [-0.25, -0.2) is 14.7 Å². The first-order chi connectivity index (χ1) is 18.9. The number of pyridine rings is 1. The number of nitrogens with zero attached hydrogens (tertiary/aromatic N) is 4. The van der Waals surface area contributed by atoms with Crippen LogP contribution in [-0.2, 0) is 11.3 Å². The molecule has 0 spiro atoms. The number of fused-ring (bicyclic) bond motifs is 2. The van der Waals surface area contributed by atoms with Crippen LogP contribution in [0.2, 0.25) is 0 Å². The summed E-state index contributed by atoms with van der Waals surface area (Å²) in [5.41, 5.74) is 3.31. The van der Waals surface area contributed by atoms with Crippen molar-refractivity contribution in [2.24, 2.45) is 4.99 Å². The fourth-order valence-electron chi connectivity index (χ4n) is 4.74. The number of anilines is 1. The maximum absolute atomic E-state index is 15.0. The number of para-hydroxylation sites is 1. The van der Waals surface area contributed by atoms with Crippen LogP contribution in [0.25, 0.3) is 11.3 Å². The lowest BCUT2D eigenvalue weighted by Crippen LogP contribution is -2.42. The molecular weight excluding hydrogens is 499 g/mol. The summed E-state index contributed by atoms with van der Waals surface area (Å²) in [5, 5.41) is 10.1. The van der Waals surface area contributed by atoms with Crippen LogP contribution in [-0.4, -0.2) is 44.6 Å². The van der Waals surface area contributed by atoms with Crippen molar-refractivity contribution in [3.05, 3.63) is 95.1 Å². The molecule has 4 aromatic rings. The van der Waals surface area contributed by atoms with Crippen molar-refractivity contribution >= 4 is 23.2 Å². The van der Waals surface area contributed by atoms with Crippen LogP contribution >= 0.6 is 0 Å². The Morgan fingerprint density at radius 2 is 1.85 bits per heavy atom. The number of carbonyl (C=O) groups is 2. The molecule has 2 atom stereocenters. The summed E-state index contributed by atoms with van der Waals surface area (Å²) < 4.78 is 22.5. The molecule has 0 radical (unpaired) electrons. The average Bonchev–Trinajstić information content (AvgIpc) is 3.23. The summed E-state index contributed by atoms with van der Waals surface area (Å²) in [6.07, 6.45) is -0.767. The first kappa shape index (κ1) is 24.5. The Labute approximate surface area is 223 Å². The molecule has 0 aliphatic carbocycles. The summed E-state index contributed by atoms with van der Waals surface area (Å²) in [6.45, 7) is 4.06. The Bertz CT molecular complexity index is 1630. The van der Waals surface area contributed by atoms with Gasteiger partial charge in [0.25, 0.3) is 11.8 Å².